The van der Waals surface area contributed by atoms with Crippen LogP contribution in [0, 0.1) is 10.1 Å². The molecule has 1 N–H and O–H groups in total. The monoisotopic (exact) mass is 558 g/mol. The van der Waals surface area contributed by atoms with Gasteiger partial charge in [-0.05, 0) is 20.2 Å². The van der Waals surface area contributed by atoms with E-state index in [4.69, 9.17) is 4.18 Å². The minimum Gasteiger partial charge on any atom is -0.367 e. The second kappa shape index (κ2) is 11.9. The molecule has 15 heteroatoms. The molecule has 1 amide bonds. The van der Waals surface area contributed by atoms with Crippen molar-refractivity contribution in [3.8, 4) is 0 Å². The standard InChI is InChI=1S/C17H27BrN4O8S2/c1-20(2)8-6-19-17(23)13-11-15(16(31(3,26)27)12-14(13)22(24)25)21(7-5-18)9-10-30-32(4,28)29/h11-12H,5-10H2,1-4H3,(H,19,23). The number of halogens is 1. The summed E-state index contributed by atoms with van der Waals surface area (Å²) in [5.74, 6) is -0.731. The zero-order chi connectivity index (χ0) is 24.7. The second-order valence-electron chi connectivity index (χ2n) is 7.13. The van der Waals surface area contributed by atoms with Gasteiger partial charge < -0.3 is 15.1 Å². The minimum absolute atomic E-state index is 0.0346. The van der Waals surface area contributed by atoms with Crippen LogP contribution in [0.4, 0.5) is 11.4 Å². The van der Waals surface area contributed by atoms with E-state index in [0.717, 1.165) is 24.6 Å². The van der Waals surface area contributed by atoms with Crippen molar-refractivity contribution in [2.45, 2.75) is 4.90 Å². The highest BCUT2D eigenvalue weighted by atomic mass is 79.9. The highest BCUT2D eigenvalue weighted by Crippen LogP contribution is 2.33. The molecule has 1 aromatic rings. The van der Waals surface area contributed by atoms with Gasteiger partial charge in [0.05, 0.1) is 28.4 Å². The summed E-state index contributed by atoms with van der Waals surface area (Å²) in [6, 6.07) is 1.99. The molecule has 1 rings (SSSR count). The second-order valence-corrected chi connectivity index (χ2v) is 11.5. The smallest absolute Gasteiger partial charge is 0.283 e. The lowest BCUT2D eigenvalue weighted by atomic mass is 10.1. The molecule has 0 aliphatic rings. The van der Waals surface area contributed by atoms with Crippen molar-refractivity contribution in [1.82, 2.24) is 10.2 Å². The van der Waals surface area contributed by atoms with Gasteiger partial charge in [-0.15, -0.1) is 0 Å². The Kier molecular flexibility index (Phi) is 10.5. The van der Waals surface area contributed by atoms with Crippen molar-refractivity contribution in [2.75, 3.05) is 69.6 Å². The van der Waals surface area contributed by atoms with Crippen LogP contribution in [0.25, 0.3) is 0 Å². The minimum atomic E-state index is -3.94. The van der Waals surface area contributed by atoms with Crippen LogP contribution in [-0.2, 0) is 24.1 Å². The van der Waals surface area contributed by atoms with Crippen molar-refractivity contribution in [3.05, 3.63) is 27.8 Å². The topological polar surface area (TPSA) is 156 Å². The number of nitrogens with zero attached hydrogens (tertiary/aromatic N) is 3. The zero-order valence-electron chi connectivity index (χ0n) is 18.2. The number of sulfone groups is 1. The normalized spacial score (nSPS) is 12.1. The first-order valence-electron chi connectivity index (χ1n) is 9.28. The number of alkyl halides is 1. The van der Waals surface area contributed by atoms with Gasteiger partial charge in [-0.2, -0.15) is 8.42 Å². The molecule has 0 unspecified atom stereocenters. The average molecular weight is 559 g/mol. The lowest BCUT2D eigenvalue weighted by Gasteiger charge is -2.26. The number of hydrogen-bond acceptors (Lipinski definition) is 10. The van der Waals surface area contributed by atoms with E-state index in [1.54, 1.807) is 14.1 Å². The molecule has 1 aromatic carbocycles. The van der Waals surface area contributed by atoms with Crippen molar-refractivity contribution >= 4 is 53.2 Å². The van der Waals surface area contributed by atoms with E-state index in [9.17, 15) is 31.7 Å². The Labute approximate surface area is 196 Å². The molecular formula is C17H27BrN4O8S2. The largest absolute Gasteiger partial charge is 0.367 e. The maximum atomic E-state index is 12.7. The van der Waals surface area contributed by atoms with E-state index in [0.29, 0.717) is 11.9 Å². The molecule has 0 aliphatic carbocycles. The van der Waals surface area contributed by atoms with Crippen molar-refractivity contribution in [3.63, 3.8) is 0 Å². The molecular weight excluding hydrogens is 532 g/mol. The average Bonchev–Trinajstić information content (AvgIpc) is 2.64. The third-order valence-corrected chi connectivity index (χ3v) is 6.19. The van der Waals surface area contributed by atoms with Gasteiger partial charge in [0, 0.05) is 43.8 Å². The zero-order valence-corrected chi connectivity index (χ0v) is 21.4. The van der Waals surface area contributed by atoms with Gasteiger partial charge in [-0.3, -0.25) is 19.1 Å². The van der Waals surface area contributed by atoms with Crippen LogP contribution in [0.1, 0.15) is 10.4 Å². The van der Waals surface area contributed by atoms with Gasteiger partial charge in [0.2, 0.25) is 0 Å². The van der Waals surface area contributed by atoms with Crippen LogP contribution < -0.4 is 10.2 Å². The fourth-order valence-electron chi connectivity index (χ4n) is 2.68. The van der Waals surface area contributed by atoms with Crippen LogP contribution in [0.5, 0.6) is 0 Å². The third kappa shape index (κ3) is 8.97. The highest BCUT2D eigenvalue weighted by Gasteiger charge is 2.29. The van der Waals surface area contributed by atoms with Crippen LogP contribution in [0.2, 0.25) is 0 Å². The summed E-state index contributed by atoms with van der Waals surface area (Å²) in [4.78, 5) is 26.4. The summed E-state index contributed by atoms with van der Waals surface area (Å²) in [7, 11) is -4.07. The first-order valence-corrected chi connectivity index (χ1v) is 14.1. The Balaban J connectivity index is 3.53. The molecule has 0 fully saturated rings. The molecule has 0 saturated carbocycles. The summed E-state index contributed by atoms with van der Waals surface area (Å²) in [6.07, 6.45) is 1.78. The van der Waals surface area contributed by atoms with E-state index in [2.05, 4.69) is 21.2 Å². The first-order chi connectivity index (χ1) is 14.7. The first kappa shape index (κ1) is 28.2. The fourth-order valence-corrected chi connectivity index (χ4v) is 4.38. The molecule has 0 bridgehead atoms. The predicted octanol–water partition coefficient (Wildman–Crippen LogP) is 0.467. The molecule has 0 atom stereocenters. The Morgan fingerprint density at radius 2 is 1.78 bits per heavy atom. The number of nitro benzene ring substituents is 1. The SMILES string of the molecule is CN(C)CCNC(=O)c1cc(N(CCBr)CCOS(C)(=O)=O)c(S(C)(=O)=O)cc1[N+](=O)[O-]. The number of nitrogens with one attached hydrogen (secondary N) is 1. The van der Waals surface area contributed by atoms with Gasteiger partial charge >= 0.3 is 0 Å². The number of benzene rings is 1. The molecule has 0 aliphatic heterocycles. The summed E-state index contributed by atoms with van der Waals surface area (Å²) >= 11 is 3.24. The number of likely N-dealkylation sites (N-methyl/N-ethyl adjacent to an activating group) is 1. The van der Waals surface area contributed by atoms with E-state index in [1.807, 2.05) is 4.90 Å². The van der Waals surface area contributed by atoms with Crippen LogP contribution in [0.15, 0.2) is 17.0 Å². The van der Waals surface area contributed by atoms with Gasteiger partial charge in [-0.1, -0.05) is 15.9 Å². The number of hydrogen-bond donors (Lipinski definition) is 1. The molecule has 12 nitrogen and oxygen atoms in total. The van der Waals surface area contributed by atoms with E-state index in [-0.39, 0.29) is 42.4 Å². The highest BCUT2D eigenvalue weighted by molar-refractivity contribution is 9.09. The predicted molar refractivity (Wildman–Crippen MR) is 124 cm³/mol. The Hall–Kier alpha value is -1.81. The Morgan fingerprint density at radius 3 is 2.25 bits per heavy atom. The van der Waals surface area contributed by atoms with E-state index < -0.39 is 36.5 Å². The lowest BCUT2D eigenvalue weighted by molar-refractivity contribution is -0.385. The van der Waals surface area contributed by atoms with Crippen LogP contribution >= 0.6 is 15.9 Å². The van der Waals surface area contributed by atoms with Gasteiger partial charge in [0.25, 0.3) is 21.7 Å². The number of carbonyl (C=O) groups is 1. The number of amides is 1. The lowest BCUT2D eigenvalue weighted by Crippen LogP contribution is -2.33. The Bertz CT molecular complexity index is 1040. The van der Waals surface area contributed by atoms with Gasteiger partial charge in [0.15, 0.2) is 9.84 Å². The maximum Gasteiger partial charge on any atom is 0.283 e. The van der Waals surface area contributed by atoms with Crippen LogP contribution in [-0.4, -0.2) is 97.3 Å². The maximum absolute atomic E-state index is 12.7. The van der Waals surface area contributed by atoms with Gasteiger partial charge in [0.1, 0.15) is 5.56 Å². The molecule has 0 heterocycles. The molecule has 0 spiro atoms. The summed E-state index contributed by atoms with van der Waals surface area (Å²) in [5, 5.41) is 14.5. The van der Waals surface area contributed by atoms with Gasteiger partial charge in [-0.25, -0.2) is 8.42 Å². The van der Waals surface area contributed by atoms with Crippen molar-refractivity contribution in [2.24, 2.45) is 0 Å². The summed E-state index contributed by atoms with van der Waals surface area (Å²) in [5.41, 5.74) is -0.921. The number of carbonyl (C=O) groups excluding carboxylic acids is 1. The number of nitro groups is 1. The van der Waals surface area contributed by atoms with Crippen molar-refractivity contribution in [1.29, 1.82) is 0 Å². The molecule has 182 valence electrons. The fraction of sp³-hybridized carbons (Fsp3) is 0.588. The van der Waals surface area contributed by atoms with E-state index in [1.165, 1.54) is 4.90 Å². The number of rotatable bonds is 13. The molecule has 0 radical (unpaired) electrons. The molecule has 0 saturated heterocycles. The molecule has 0 aromatic heterocycles. The summed E-state index contributed by atoms with van der Waals surface area (Å²) < 4.78 is 52.1. The number of anilines is 1. The third-order valence-electron chi connectivity index (χ3n) is 4.12. The summed E-state index contributed by atoms with van der Waals surface area (Å²) in [6.45, 7) is 0.609. The molecule has 32 heavy (non-hydrogen) atoms. The van der Waals surface area contributed by atoms with Crippen LogP contribution in [0.3, 0.4) is 0 Å². The van der Waals surface area contributed by atoms with Crippen molar-refractivity contribution < 1.29 is 30.7 Å². The quantitative estimate of drug-likeness (QED) is 0.156. The Morgan fingerprint density at radius 1 is 1.16 bits per heavy atom. The van der Waals surface area contributed by atoms with E-state index >= 15 is 0 Å².